The number of hydrogen-bond donors (Lipinski definition) is 2. The molecule has 2 N–H and O–H groups in total. The fourth-order valence-electron chi connectivity index (χ4n) is 1.47. The molecule has 1 aromatic carbocycles. The molecule has 0 unspecified atom stereocenters. The topological polar surface area (TPSA) is 88.1 Å². The molecule has 22 heavy (non-hydrogen) atoms. The lowest BCUT2D eigenvalue weighted by Gasteiger charge is -2.24. The van der Waals surface area contributed by atoms with E-state index in [1.54, 1.807) is 27.7 Å². The summed E-state index contributed by atoms with van der Waals surface area (Å²) in [6.07, 6.45) is -2.54. The number of hydrogen-bond acceptors (Lipinski definition) is 5. The molecular weight excluding hydrogens is 312 g/mol. The smallest absolute Gasteiger partial charge is 0.433 e. The number of ether oxygens (including phenoxy) is 2. The predicted molar refractivity (Wildman–Crippen MR) is 82.0 cm³/mol. The van der Waals surface area contributed by atoms with Crippen molar-refractivity contribution in [1.29, 1.82) is 0 Å². The van der Waals surface area contributed by atoms with Crippen LogP contribution >= 0.6 is 11.6 Å². The number of nitrogens with zero attached hydrogens (tertiary/aromatic N) is 1. The normalized spacial score (nSPS) is 10.5. The fourth-order valence-corrected chi connectivity index (χ4v) is 1.63. The minimum atomic E-state index is -0.881. The molecule has 0 saturated heterocycles. The van der Waals surface area contributed by atoms with E-state index in [9.17, 15) is 14.7 Å². The summed E-state index contributed by atoms with van der Waals surface area (Å²) in [5, 5.41) is 10.9. The molecule has 8 heteroatoms. The van der Waals surface area contributed by atoms with Crippen molar-refractivity contribution in [1.82, 2.24) is 5.43 Å². The average Bonchev–Trinajstić information content (AvgIpc) is 2.37. The Balaban J connectivity index is 3.07. The number of phenols is 1. The lowest BCUT2D eigenvalue weighted by molar-refractivity contribution is 0.103. The summed E-state index contributed by atoms with van der Waals surface area (Å²) < 4.78 is 9.94. The van der Waals surface area contributed by atoms with Crippen LogP contribution in [-0.2, 0) is 9.47 Å². The van der Waals surface area contributed by atoms with Crippen LogP contribution in [0, 0.1) is 0 Å². The molecule has 2 amide bonds. The van der Waals surface area contributed by atoms with E-state index in [0.29, 0.717) is 0 Å². The molecule has 0 spiro atoms. The predicted octanol–water partition coefficient (Wildman–Crippen LogP) is 3.45. The molecule has 0 radical (unpaired) electrons. The summed E-state index contributed by atoms with van der Waals surface area (Å²) in [7, 11) is 0. The molecule has 0 aliphatic rings. The molecule has 0 aromatic heterocycles. The van der Waals surface area contributed by atoms with Crippen LogP contribution < -0.4 is 10.4 Å². The number of rotatable bonds is 3. The number of halogens is 1. The van der Waals surface area contributed by atoms with Crippen LogP contribution in [0.5, 0.6) is 5.75 Å². The standard InChI is InChI=1S/C14H19ClN2O5/c1-8(2)21-13(19)16-17(14(20)22-9(3)4)11-7-10(15)5-6-12(11)18/h5-9,18H,1-4H3,(H,16,19). The highest BCUT2D eigenvalue weighted by Crippen LogP contribution is 2.30. The Morgan fingerprint density at radius 1 is 1.18 bits per heavy atom. The Hall–Kier alpha value is -2.15. The summed E-state index contributed by atoms with van der Waals surface area (Å²) in [6.45, 7) is 6.63. The molecule has 0 aliphatic heterocycles. The van der Waals surface area contributed by atoms with E-state index in [4.69, 9.17) is 21.1 Å². The van der Waals surface area contributed by atoms with Gasteiger partial charge in [0.15, 0.2) is 0 Å². The molecule has 1 rings (SSSR count). The summed E-state index contributed by atoms with van der Waals surface area (Å²) in [4.78, 5) is 23.8. The molecule has 0 heterocycles. The van der Waals surface area contributed by atoms with Crippen LogP contribution in [0.25, 0.3) is 0 Å². The SMILES string of the molecule is CC(C)OC(=O)NN(C(=O)OC(C)C)c1cc(Cl)ccc1O. The first-order valence-electron chi connectivity index (χ1n) is 6.67. The van der Waals surface area contributed by atoms with Gasteiger partial charge in [-0.05, 0) is 45.9 Å². The molecule has 122 valence electrons. The van der Waals surface area contributed by atoms with Crippen molar-refractivity contribution in [3.8, 4) is 5.75 Å². The first kappa shape index (κ1) is 17.9. The van der Waals surface area contributed by atoms with E-state index in [0.717, 1.165) is 5.01 Å². The van der Waals surface area contributed by atoms with Crippen LogP contribution in [0.3, 0.4) is 0 Å². The maximum absolute atomic E-state index is 12.1. The second-order valence-corrected chi connectivity index (χ2v) is 5.40. The van der Waals surface area contributed by atoms with E-state index >= 15 is 0 Å². The van der Waals surface area contributed by atoms with Gasteiger partial charge in [0.05, 0.1) is 12.2 Å². The molecule has 0 atom stereocenters. The van der Waals surface area contributed by atoms with Gasteiger partial charge in [-0.15, -0.1) is 0 Å². The maximum Gasteiger partial charge on any atom is 0.433 e. The van der Waals surface area contributed by atoms with Crippen molar-refractivity contribution in [3.05, 3.63) is 23.2 Å². The van der Waals surface area contributed by atoms with Gasteiger partial charge in [-0.2, -0.15) is 5.01 Å². The highest BCUT2D eigenvalue weighted by atomic mass is 35.5. The van der Waals surface area contributed by atoms with Gasteiger partial charge in [0.1, 0.15) is 11.4 Å². The highest BCUT2D eigenvalue weighted by molar-refractivity contribution is 6.31. The summed E-state index contributed by atoms with van der Waals surface area (Å²) in [6, 6.07) is 4.05. The third-order valence-corrected chi connectivity index (χ3v) is 2.48. The second-order valence-electron chi connectivity index (χ2n) is 4.97. The summed E-state index contributed by atoms with van der Waals surface area (Å²) in [5.74, 6) is -0.255. The van der Waals surface area contributed by atoms with Crippen LogP contribution in [0.2, 0.25) is 5.02 Å². The van der Waals surface area contributed by atoms with Crippen molar-refractivity contribution < 1.29 is 24.2 Å². The molecule has 0 aliphatic carbocycles. The second kappa shape index (κ2) is 7.74. The first-order valence-corrected chi connectivity index (χ1v) is 7.05. The molecule has 0 fully saturated rings. The maximum atomic E-state index is 12.1. The Kier molecular flexibility index (Phi) is 6.30. The number of amides is 2. The Labute approximate surface area is 133 Å². The first-order chi connectivity index (χ1) is 10.2. The van der Waals surface area contributed by atoms with Crippen LogP contribution in [-0.4, -0.2) is 29.5 Å². The van der Waals surface area contributed by atoms with E-state index in [2.05, 4.69) is 5.43 Å². The summed E-state index contributed by atoms with van der Waals surface area (Å²) >= 11 is 5.86. The summed E-state index contributed by atoms with van der Waals surface area (Å²) in [5.41, 5.74) is 2.19. The van der Waals surface area contributed by atoms with Crippen LogP contribution in [0.1, 0.15) is 27.7 Å². The van der Waals surface area contributed by atoms with Crippen molar-refractivity contribution in [3.63, 3.8) is 0 Å². The van der Waals surface area contributed by atoms with Crippen molar-refractivity contribution in [2.45, 2.75) is 39.9 Å². The monoisotopic (exact) mass is 330 g/mol. The third kappa shape index (κ3) is 5.33. The van der Waals surface area contributed by atoms with E-state index in [1.807, 2.05) is 0 Å². The van der Waals surface area contributed by atoms with Crippen molar-refractivity contribution in [2.24, 2.45) is 0 Å². The lowest BCUT2D eigenvalue weighted by atomic mass is 10.3. The minimum absolute atomic E-state index is 0.0288. The largest absolute Gasteiger partial charge is 0.506 e. The number of benzene rings is 1. The molecule has 1 aromatic rings. The van der Waals surface area contributed by atoms with Crippen LogP contribution in [0.4, 0.5) is 15.3 Å². The molecule has 7 nitrogen and oxygen atoms in total. The molecular formula is C14H19ClN2O5. The fraction of sp³-hybridized carbons (Fsp3) is 0.429. The Morgan fingerprint density at radius 2 is 1.77 bits per heavy atom. The number of phenolic OH excluding ortho intramolecular Hbond substituents is 1. The van der Waals surface area contributed by atoms with E-state index in [-0.39, 0.29) is 22.6 Å². The number of aromatic hydroxyl groups is 1. The third-order valence-electron chi connectivity index (χ3n) is 2.24. The van der Waals surface area contributed by atoms with Gasteiger partial charge in [-0.3, -0.25) is 0 Å². The van der Waals surface area contributed by atoms with Gasteiger partial charge >= 0.3 is 12.2 Å². The van der Waals surface area contributed by atoms with Crippen molar-refractivity contribution in [2.75, 3.05) is 5.01 Å². The van der Waals surface area contributed by atoms with E-state index < -0.39 is 18.3 Å². The Bertz CT molecular complexity index is 548. The number of carbonyl (C=O) groups is 2. The number of nitrogens with one attached hydrogen (secondary N) is 1. The number of carbonyl (C=O) groups excluding carboxylic acids is 2. The zero-order chi connectivity index (χ0) is 16.9. The molecule has 0 saturated carbocycles. The van der Waals surface area contributed by atoms with Gasteiger partial charge in [-0.25, -0.2) is 15.0 Å². The van der Waals surface area contributed by atoms with Gasteiger partial charge in [0.2, 0.25) is 0 Å². The highest BCUT2D eigenvalue weighted by Gasteiger charge is 2.25. The average molecular weight is 331 g/mol. The van der Waals surface area contributed by atoms with Gasteiger partial charge in [-0.1, -0.05) is 11.6 Å². The van der Waals surface area contributed by atoms with Gasteiger partial charge < -0.3 is 14.6 Å². The Morgan fingerprint density at radius 3 is 2.32 bits per heavy atom. The minimum Gasteiger partial charge on any atom is -0.506 e. The lowest BCUT2D eigenvalue weighted by Crippen LogP contribution is -2.48. The zero-order valence-corrected chi connectivity index (χ0v) is 13.5. The van der Waals surface area contributed by atoms with Crippen LogP contribution in [0.15, 0.2) is 18.2 Å². The van der Waals surface area contributed by atoms with Gasteiger partial charge in [0, 0.05) is 5.02 Å². The molecule has 0 bridgehead atoms. The number of hydrazine groups is 1. The quantitative estimate of drug-likeness (QED) is 0.829. The van der Waals surface area contributed by atoms with Gasteiger partial charge in [0.25, 0.3) is 0 Å². The number of anilines is 1. The van der Waals surface area contributed by atoms with E-state index in [1.165, 1.54) is 18.2 Å². The zero-order valence-electron chi connectivity index (χ0n) is 12.8. The van der Waals surface area contributed by atoms with Crippen molar-refractivity contribution >= 4 is 29.5 Å².